The molecule has 0 saturated heterocycles. The van der Waals surface area contributed by atoms with E-state index in [9.17, 15) is 0 Å². The first-order valence-corrected chi connectivity index (χ1v) is 7.39. The van der Waals surface area contributed by atoms with Gasteiger partial charge in [-0.25, -0.2) is 0 Å². The molecule has 1 atom stereocenters. The molecule has 1 aromatic rings. The van der Waals surface area contributed by atoms with E-state index in [-0.39, 0.29) is 6.04 Å². The third kappa shape index (κ3) is 3.55. The quantitative estimate of drug-likeness (QED) is 0.808. The topological polar surface area (TPSA) is 51.0 Å². The predicted octanol–water partition coefficient (Wildman–Crippen LogP) is 3.25. The van der Waals surface area contributed by atoms with E-state index in [0.717, 1.165) is 37.1 Å². The van der Waals surface area contributed by atoms with Crippen LogP contribution in [0.4, 0.5) is 0 Å². The Labute approximate surface area is 110 Å². The largest absolute Gasteiger partial charge is 0.424 e. The first-order valence-electron chi connectivity index (χ1n) is 7.39. The zero-order valence-corrected chi connectivity index (χ0v) is 11.6. The Morgan fingerprint density at radius 2 is 2.06 bits per heavy atom. The van der Waals surface area contributed by atoms with Crippen LogP contribution in [0.15, 0.2) is 4.42 Å². The minimum atomic E-state index is 0.211. The van der Waals surface area contributed by atoms with Crippen molar-refractivity contribution in [3.05, 3.63) is 11.8 Å². The molecule has 0 aromatic carbocycles. The summed E-state index contributed by atoms with van der Waals surface area (Å²) in [7, 11) is 0. The minimum Gasteiger partial charge on any atom is -0.424 e. The fourth-order valence-corrected chi connectivity index (χ4v) is 2.79. The second kappa shape index (κ2) is 6.88. The highest BCUT2D eigenvalue weighted by Gasteiger charge is 2.18. The van der Waals surface area contributed by atoms with Gasteiger partial charge in [-0.15, -0.1) is 10.2 Å². The molecule has 1 fully saturated rings. The number of aromatic nitrogens is 2. The molecule has 1 N–H and O–H groups in total. The van der Waals surface area contributed by atoms with Gasteiger partial charge in [0.1, 0.15) is 0 Å². The lowest BCUT2D eigenvalue weighted by molar-refractivity contribution is 0.366. The Bertz CT molecular complexity index is 345. The SMILES string of the molecule is CCNC(CC)c1nnc(CCC2CCCC2)o1. The van der Waals surface area contributed by atoms with Gasteiger partial charge in [0.2, 0.25) is 11.8 Å². The number of aryl methyl sites for hydroxylation is 1. The lowest BCUT2D eigenvalue weighted by atomic mass is 10.0. The van der Waals surface area contributed by atoms with Crippen molar-refractivity contribution in [3.8, 4) is 0 Å². The van der Waals surface area contributed by atoms with Gasteiger partial charge in [-0.2, -0.15) is 0 Å². The van der Waals surface area contributed by atoms with E-state index < -0.39 is 0 Å². The lowest BCUT2D eigenvalue weighted by Crippen LogP contribution is -2.20. The van der Waals surface area contributed by atoms with Crippen molar-refractivity contribution in [2.75, 3.05) is 6.54 Å². The maximum Gasteiger partial charge on any atom is 0.233 e. The van der Waals surface area contributed by atoms with Crippen LogP contribution in [-0.4, -0.2) is 16.7 Å². The fourth-order valence-electron chi connectivity index (χ4n) is 2.79. The summed E-state index contributed by atoms with van der Waals surface area (Å²) < 4.78 is 5.76. The summed E-state index contributed by atoms with van der Waals surface area (Å²) in [5.74, 6) is 2.45. The van der Waals surface area contributed by atoms with Crippen LogP contribution in [0.3, 0.4) is 0 Å². The molecule has 4 nitrogen and oxygen atoms in total. The van der Waals surface area contributed by atoms with Crippen molar-refractivity contribution in [1.29, 1.82) is 0 Å². The third-order valence-electron chi connectivity index (χ3n) is 3.88. The summed E-state index contributed by atoms with van der Waals surface area (Å²) >= 11 is 0. The second-order valence-electron chi connectivity index (χ2n) is 5.24. The molecule has 4 heteroatoms. The standard InChI is InChI=1S/C14H25N3O/c1-3-12(15-4-2)14-17-16-13(18-14)10-9-11-7-5-6-8-11/h11-12,15H,3-10H2,1-2H3. The van der Waals surface area contributed by atoms with E-state index in [1.807, 2.05) is 0 Å². The predicted molar refractivity (Wildman–Crippen MR) is 71.3 cm³/mol. The highest BCUT2D eigenvalue weighted by atomic mass is 16.4. The van der Waals surface area contributed by atoms with Crippen LogP contribution >= 0.6 is 0 Å². The van der Waals surface area contributed by atoms with Crippen LogP contribution in [0.25, 0.3) is 0 Å². The van der Waals surface area contributed by atoms with Crippen LogP contribution in [0, 0.1) is 5.92 Å². The molecule has 0 radical (unpaired) electrons. The number of rotatable bonds is 7. The van der Waals surface area contributed by atoms with Gasteiger partial charge in [-0.05, 0) is 25.3 Å². The molecule has 0 bridgehead atoms. The zero-order valence-electron chi connectivity index (χ0n) is 11.6. The van der Waals surface area contributed by atoms with Gasteiger partial charge >= 0.3 is 0 Å². The fraction of sp³-hybridized carbons (Fsp3) is 0.857. The monoisotopic (exact) mass is 251 g/mol. The van der Waals surface area contributed by atoms with Crippen LogP contribution in [0.5, 0.6) is 0 Å². The summed E-state index contributed by atoms with van der Waals surface area (Å²) in [6.45, 7) is 5.16. The summed E-state index contributed by atoms with van der Waals surface area (Å²) in [5, 5.41) is 11.7. The van der Waals surface area contributed by atoms with Crippen molar-refractivity contribution in [2.45, 2.75) is 64.8 Å². The van der Waals surface area contributed by atoms with Crippen molar-refractivity contribution >= 4 is 0 Å². The van der Waals surface area contributed by atoms with Gasteiger partial charge in [0.05, 0.1) is 6.04 Å². The molecular weight excluding hydrogens is 226 g/mol. The first-order chi connectivity index (χ1) is 8.83. The molecule has 0 aliphatic heterocycles. The van der Waals surface area contributed by atoms with E-state index in [0.29, 0.717) is 0 Å². The molecule has 1 saturated carbocycles. The van der Waals surface area contributed by atoms with Crippen LogP contribution in [-0.2, 0) is 6.42 Å². The number of hydrogen-bond donors (Lipinski definition) is 1. The molecule has 1 aliphatic rings. The Balaban J connectivity index is 1.84. The molecule has 1 aromatic heterocycles. The summed E-state index contributed by atoms with van der Waals surface area (Å²) in [6.07, 6.45) is 8.71. The minimum absolute atomic E-state index is 0.211. The lowest BCUT2D eigenvalue weighted by Gasteiger charge is -2.10. The first kappa shape index (κ1) is 13.5. The van der Waals surface area contributed by atoms with E-state index in [4.69, 9.17) is 4.42 Å². The molecule has 1 aliphatic carbocycles. The van der Waals surface area contributed by atoms with Crippen LogP contribution in [0.1, 0.15) is 70.2 Å². The van der Waals surface area contributed by atoms with Crippen LogP contribution in [0.2, 0.25) is 0 Å². The summed E-state index contributed by atoms with van der Waals surface area (Å²) in [6, 6.07) is 0.211. The molecule has 1 unspecified atom stereocenters. The molecule has 102 valence electrons. The van der Waals surface area contributed by atoms with Crippen LogP contribution < -0.4 is 5.32 Å². The van der Waals surface area contributed by atoms with E-state index in [1.165, 1.54) is 32.1 Å². The van der Waals surface area contributed by atoms with Gasteiger partial charge in [0, 0.05) is 6.42 Å². The van der Waals surface area contributed by atoms with E-state index in [1.54, 1.807) is 0 Å². The molecule has 2 rings (SSSR count). The van der Waals surface area contributed by atoms with Gasteiger partial charge in [-0.1, -0.05) is 39.5 Å². The molecule has 18 heavy (non-hydrogen) atoms. The van der Waals surface area contributed by atoms with E-state index >= 15 is 0 Å². The smallest absolute Gasteiger partial charge is 0.233 e. The van der Waals surface area contributed by atoms with Crippen molar-refractivity contribution in [2.24, 2.45) is 5.92 Å². The Morgan fingerprint density at radius 1 is 1.28 bits per heavy atom. The molecule has 0 amide bonds. The van der Waals surface area contributed by atoms with Gasteiger partial charge in [0.15, 0.2) is 0 Å². The average Bonchev–Trinajstić information content (AvgIpc) is 3.04. The highest BCUT2D eigenvalue weighted by molar-refractivity contribution is 4.90. The number of hydrogen-bond acceptors (Lipinski definition) is 4. The van der Waals surface area contributed by atoms with Crippen molar-refractivity contribution in [1.82, 2.24) is 15.5 Å². The second-order valence-corrected chi connectivity index (χ2v) is 5.24. The Hall–Kier alpha value is -0.900. The number of nitrogens with zero attached hydrogens (tertiary/aromatic N) is 2. The molecular formula is C14H25N3O. The van der Waals surface area contributed by atoms with Crippen molar-refractivity contribution in [3.63, 3.8) is 0 Å². The van der Waals surface area contributed by atoms with Gasteiger partial charge in [0.25, 0.3) is 0 Å². The number of nitrogens with one attached hydrogen (secondary N) is 1. The molecule has 0 spiro atoms. The normalized spacial score (nSPS) is 18.3. The zero-order chi connectivity index (χ0) is 12.8. The van der Waals surface area contributed by atoms with E-state index in [2.05, 4.69) is 29.4 Å². The summed E-state index contributed by atoms with van der Waals surface area (Å²) in [5.41, 5.74) is 0. The van der Waals surface area contributed by atoms with Gasteiger partial charge < -0.3 is 9.73 Å². The molecule has 1 heterocycles. The average molecular weight is 251 g/mol. The Kier molecular flexibility index (Phi) is 5.17. The summed E-state index contributed by atoms with van der Waals surface area (Å²) in [4.78, 5) is 0. The maximum absolute atomic E-state index is 5.76. The Morgan fingerprint density at radius 3 is 2.72 bits per heavy atom. The third-order valence-corrected chi connectivity index (χ3v) is 3.88. The maximum atomic E-state index is 5.76. The van der Waals surface area contributed by atoms with Crippen molar-refractivity contribution < 1.29 is 4.42 Å². The van der Waals surface area contributed by atoms with Gasteiger partial charge in [-0.3, -0.25) is 0 Å². The highest BCUT2D eigenvalue weighted by Crippen LogP contribution is 2.28.